The highest BCUT2D eigenvalue weighted by Crippen LogP contribution is 2.23. The lowest BCUT2D eigenvalue weighted by Crippen LogP contribution is -2.23. The number of nitrogens with zero attached hydrogens (tertiary/aromatic N) is 3. The van der Waals surface area contributed by atoms with E-state index in [2.05, 4.69) is 15.5 Å². The highest BCUT2D eigenvalue weighted by Gasteiger charge is 2.21. The predicted molar refractivity (Wildman–Crippen MR) is 111 cm³/mol. The summed E-state index contributed by atoms with van der Waals surface area (Å²) in [4.78, 5) is 25.8. The monoisotopic (exact) mass is 408 g/mol. The van der Waals surface area contributed by atoms with Crippen LogP contribution in [0.3, 0.4) is 0 Å². The zero-order valence-corrected chi connectivity index (χ0v) is 16.5. The van der Waals surface area contributed by atoms with Crippen LogP contribution in [0.5, 0.6) is 0 Å². The minimum Gasteiger partial charge on any atom is -0.416 e. The Balaban J connectivity index is 1.26. The molecule has 0 aliphatic carbocycles. The molecule has 0 unspecified atom stereocenters. The summed E-state index contributed by atoms with van der Waals surface area (Å²) in [5, 5.41) is 11.2. The van der Waals surface area contributed by atoms with Gasteiger partial charge in [-0.05, 0) is 36.2 Å². The second-order valence-corrected chi connectivity index (χ2v) is 7.58. The molecule has 4 rings (SSSR count). The molecule has 3 aromatic rings. The van der Waals surface area contributed by atoms with E-state index in [0.29, 0.717) is 29.6 Å². The van der Waals surface area contributed by atoms with E-state index in [1.807, 2.05) is 42.5 Å². The van der Waals surface area contributed by atoms with Crippen LogP contribution in [0.25, 0.3) is 0 Å². The van der Waals surface area contributed by atoms with Crippen LogP contribution < -0.4 is 10.2 Å². The Morgan fingerprint density at radius 1 is 1.10 bits per heavy atom. The van der Waals surface area contributed by atoms with E-state index in [1.54, 1.807) is 17.0 Å². The van der Waals surface area contributed by atoms with E-state index in [1.165, 1.54) is 11.8 Å². The molecule has 29 heavy (non-hydrogen) atoms. The van der Waals surface area contributed by atoms with Crippen LogP contribution in [0.1, 0.15) is 24.3 Å². The summed E-state index contributed by atoms with van der Waals surface area (Å²) in [6.45, 7) is 0.748. The summed E-state index contributed by atoms with van der Waals surface area (Å²) in [6.07, 6.45) is 2.04. The van der Waals surface area contributed by atoms with Crippen molar-refractivity contribution in [1.29, 1.82) is 0 Å². The van der Waals surface area contributed by atoms with Gasteiger partial charge in [0.2, 0.25) is 17.7 Å². The first-order valence-corrected chi connectivity index (χ1v) is 10.4. The first-order chi connectivity index (χ1) is 14.2. The third kappa shape index (κ3) is 5.03. The van der Waals surface area contributed by atoms with Crippen LogP contribution in [0.4, 0.5) is 11.4 Å². The van der Waals surface area contributed by atoms with Crippen molar-refractivity contribution in [3.8, 4) is 0 Å². The fraction of sp³-hybridized carbons (Fsp3) is 0.238. The molecule has 0 saturated carbocycles. The fourth-order valence-corrected chi connectivity index (χ4v) is 3.69. The van der Waals surface area contributed by atoms with Crippen LogP contribution >= 0.6 is 11.8 Å². The predicted octanol–water partition coefficient (Wildman–Crippen LogP) is 3.52. The number of rotatable bonds is 7. The van der Waals surface area contributed by atoms with Crippen molar-refractivity contribution in [3.63, 3.8) is 0 Å². The molecule has 2 aromatic carbocycles. The lowest BCUT2D eigenvalue weighted by atomic mass is 10.2. The fourth-order valence-electron chi connectivity index (χ4n) is 3.11. The first kappa shape index (κ1) is 19.2. The van der Waals surface area contributed by atoms with Crippen molar-refractivity contribution in [2.24, 2.45) is 0 Å². The Bertz CT molecular complexity index is 989. The summed E-state index contributed by atoms with van der Waals surface area (Å²) in [5.41, 5.74) is 2.63. The maximum atomic E-state index is 12.2. The lowest BCUT2D eigenvalue weighted by molar-refractivity contribution is -0.117. The zero-order valence-electron chi connectivity index (χ0n) is 15.7. The normalized spacial score (nSPS) is 13.7. The number of hydrogen-bond acceptors (Lipinski definition) is 6. The van der Waals surface area contributed by atoms with Crippen LogP contribution in [0.15, 0.2) is 64.2 Å². The Morgan fingerprint density at radius 2 is 1.90 bits per heavy atom. The molecule has 0 atom stereocenters. The van der Waals surface area contributed by atoms with Gasteiger partial charge in [0.1, 0.15) is 0 Å². The SMILES string of the molecule is O=C(CSc1nnc(Cc2ccccc2)o1)Nc1ccc(N2CCCC2=O)cc1. The van der Waals surface area contributed by atoms with Gasteiger partial charge in [-0.3, -0.25) is 9.59 Å². The molecule has 8 heteroatoms. The summed E-state index contributed by atoms with van der Waals surface area (Å²) in [6, 6.07) is 17.2. The molecule has 2 amide bonds. The van der Waals surface area contributed by atoms with Gasteiger partial charge in [0.05, 0.1) is 12.2 Å². The third-order valence-electron chi connectivity index (χ3n) is 4.51. The molecule has 1 aromatic heterocycles. The molecule has 1 aliphatic heterocycles. The Hall–Kier alpha value is -3.13. The number of hydrogen-bond donors (Lipinski definition) is 1. The van der Waals surface area contributed by atoms with E-state index < -0.39 is 0 Å². The number of nitrogens with one attached hydrogen (secondary N) is 1. The van der Waals surface area contributed by atoms with Gasteiger partial charge in [-0.1, -0.05) is 42.1 Å². The largest absolute Gasteiger partial charge is 0.416 e. The van der Waals surface area contributed by atoms with Crippen LogP contribution in [0.2, 0.25) is 0 Å². The Kier molecular flexibility index (Phi) is 5.90. The summed E-state index contributed by atoms with van der Waals surface area (Å²) in [7, 11) is 0. The summed E-state index contributed by atoms with van der Waals surface area (Å²) < 4.78 is 5.59. The highest BCUT2D eigenvalue weighted by atomic mass is 32.2. The number of thioether (sulfide) groups is 1. The van der Waals surface area contributed by atoms with Crippen molar-refractivity contribution in [2.75, 3.05) is 22.5 Å². The molecule has 148 valence electrons. The summed E-state index contributed by atoms with van der Waals surface area (Å²) in [5.74, 6) is 0.664. The van der Waals surface area contributed by atoms with Crippen molar-refractivity contribution in [3.05, 3.63) is 66.1 Å². The summed E-state index contributed by atoms with van der Waals surface area (Å²) >= 11 is 1.20. The standard InChI is InChI=1S/C21H20N4O3S/c26-18(22-16-8-10-17(11-9-16)25-12-4-7-20(25)27)14-29-21-24-23-19(28-21)13-15-5-2-1-3-6-15/h1-3,5-6,8-11H,4,7,12-14H2,(H,22,26). The maximum absolute atomic E-state index is 12.2. The Morgan fingerprint density at radius 3 is 2.62 bits per heavy atom. The van der Waals surface area contributed by atoms with Crippen molar-refractivity contribution >= 4 is 35.0 Å². The molecule has 2 heterocycles. The molecule has 7 nitrogen and oxygen atoms in total. The number of aromatic nitrogens is 2. The number of amides is 2. The average Bonchev–Trinajstić information content (AvgIpc) is 3.37. The van der Waals surface area contributed by atoms with E-state index in [9.17, 15) is 9.59 Å². The van der Waals surface area contributed by atoms with Crippen molar-refractivity contribution in [2.45, 2.75) is 24.5 Å². The van der Waals surface area contributed by atoms with Crippen molar-refractivity contribution in [1.82, 2.24) is 10.2 Å². The van der Waals surface area contributed by atoms with Gasteiger partial charge in [0.15, 0.2) is 0 Å². The minimum absolute atomic E-state index is 0.143. The topological polar surface area (TPSA) is 88.3 Å². The van der Waals surface area contributed by atoms with Gasteiger partial charge < -0.3 is 14.6 Å². The molecule has 1 fully saturated rings. The minimum atomic E-state index is -0.164. The van der Waals surface area contributed by atoms with Gasteiger partial charge >= 0.3 is 0 Å². The van der Waals surface area contributed by atoms with Crippen molar-refractivity contribution < 1.29 is 14.0 Å². The molecule has 0 bridgehead atoms. The number of anilines is 2. The molecular weight excluding hydrogens is 388 g/mol. The molecular formula is C21H20N4O3S. The van der Waals surface area contributed by atoms with Gasteiger partial charge in [0.25, 0.3) is 5.22 Å². The van der Waals surface area contributed by atoms with E-state index in [4.69, 9.17) is 4.42 Å². The maximum Gasteiger partial charge on any atom is 0.277 e. The molecule has 1 N–H and O–H groups in total. The average molecular weight is 408 g/mol. The number of carbonyl (C=O) groups is 2. The third-order valence-corrected chi connectivity index (χ3v) is 5.33. The van der Waals surface area contributed by atoms with Gasteiger partial charge in [-0.2, -0.15) is 0 Å². The van der Waals surface area contributed by atoms with Crippen LogP contribution in [0, 0.1) is 0 Å². The molecule has 0 radical (unpaired) electrons. The second kappa shape index (κ2) is 8.91. The van der Waals surface area contributed by atoms with E-state index in [-0.39, 0.29) is 17.6 Å². The molecule has 1 aliphatic rings. The van der Waals surface area contributed by atoms with Crippen LogP contribution in [-0.4, -0.2) is 34.3 Å². The molecule has 0 spiro atoms. The van der Waals surface area contributed by atoms with Crippen LogP contribution in [-0.2, 0) is 16.0 Å². The van der Waals surface area contributed by atoms with Gasteiger partial charge in [-0.15, -0.1) is 10.2 Å². The molecule has 1 saturated heterocycles. The zero-order chi connectivity index (χ0) is 20.1. The number of benzene rings is 2. The lowest BCUT2D eigenvalue weighted by Gasteiger charge is -2.16. The van der Waals surface area contributed by atoms with E-state index >= 15 is 0 Å². The highest BCUT2D eigenvalue weighted by molar-refractivity contribution is 7.99. The quantitative estimate of drug-likeness (QED) is 0.602. The van der Waals surface area contributed by atoms with E-state index in [0.717, 1.165) is 24.2 Å². The number of carbonyl (C=O) groups excluding carboxylic acids is 2. The Labute approximate surface area is 172 Å². The van der Waals surface area contributed by atoms with Gasteiger partial charge in [0, 0.05) is 24.3 Å². The second-order valence-electron chi connectivity index (χ2n) is 6.66. The van der Waals surface area contributed by atoms with Gasteiger partial charge in [-0.25, -0.2) is 0 Å². The first-order valence-electron chi connectivity index (χ1n) is 9.37. The smallest absolute Gasteiger partial charge is 0.277 e.